The summed E-state index contributed by atoms with van der Waals surface area (Å²) in [5.41, 5.74) is 0.880. The van der Waals surface area contributed by atoms with Crippen LogP contribution in [0.4, 0.5) is 0 Å². The minimum Gasteiger partial charge on any atom is -0.481 e. The number of aliphatic carboxylic acids is 1. The molecule has 4 heteroatoms. The van der Waals surface area contributed by atoms with Gasteiger partial charge < -0.3 is 9.63 Å². The van der Waals surface area contributed by atoms with E-state index in [-0.39, 0.29) is 0 Å². The van der Waals surface area contributed by atoms with E-state index in [1.54, 1.807) is 6.26 Å². The summed E-state index contributed by atoms with van der Waals surface area (Å²) >= 11 is 0. The van der Waals surface area contributed by atoms with Crippen molar-refractivity contribution in [3.05, 3.63) is 30.0 Å². The van der Waals surface area contributed by atoms with Crippen molar-refractivity contribution in [1.29, 1.82) is 0 Å². The highest BCUT2D eigenvalue weighted by molar-refractivity contribution is 5.85. The summed E-state index contributed by atoms with van der Waals surface area (Å²) < 4.78 is 4.85. The number of benzene rings is 1. The lowest BCUT2D eigenvalue weighted by atomic mass is 9.64. The topological polar surface area (TPSA) is 63.3 Å². The average Bonchev–Trinajstić information content (AvgIpc) is 2.62. The van der Waals surface area contributed by atoms with Crippen LogP contribution >= 0.6 is 0 Å². The van der Waals surface area contributed by atoms with E-state index < -0.39 is 11.4 Å². The predicted molar refractivity (Wildman–Crippen MR) is 57.2 cm³/mol. The molecule has 0 amide bonds. The highest BCUT2D eigenvalue weighted by atomic mass is 16.5. The molecule has 0 aliphatic heterocycles. The second-order valence-electron chi connectivity index (χ2n) is 4.33. The van der Waals surface area contributed by atoms with Crippen LogP contribution < -0.4 is 0 Å². The number of nitrogens with zero attached hydrogens (tertiary/aromatic N) is 1. The van der Waals surface area contributed by atoms with Crippen molar-refractivity contribution in [1.82, 2.24) is 5.16 Å². The number of aromatic nitrogens is 1. The maximum absolute atomic E-state index is 11.3. The molecule has 3 rings (SSSR count). The van der Waals surface area contributed by atoms with Gasteiger partial charge in [-0.1, -0.05) is 17.6 Å². The number of rotatable bonds is 2. The zero-order valence-electron chi connectivity index (χ0n) is 8.64. The second kappa shape index (κ2) is 3.07. The Balaban J connectivity index is 2.14. The van der Waals surface area contributed by atoms with E-state index in [0.717, 1.165) is 22.9 Å². The summed E-state index contributed by atoms with van der Waals surface area (Å²) in [6.07, 6.45) is 3.97. The maximum Gasteiger partial charge on any atom is 0.314 e. The van der Waals surface area contributed by atoms with Crippen molar-refractivity contribution in [3.63, 3.8) is 0 Å². The quantitative estimate of drug-likeness (QED) is 0.838. The van der Waals surface area contributed by atoms with Crippen molar-refractivity contribution in [2.75, 3.05) is 0 Å². The Labute approximate surface area is 91.9 Å². The Kier molecular flexibility index (Phi) is 1.80. The fourth-order valence-corrected chi connectivity index (χ4v) is 2.32. The molecule has 1 saturated carbocycles. The molecule has 82 valence electrons. The molecule has 0 radical (unpaired) electrons. The van der Waals surface area contributed by atoms with Crippen LogP contribution in [0.25, 0.3) is 10.9 Å². The lowest BCUT2D eigenvalue weighted by Gasteiger charge is -2.38. The van der Waals surface area contributed by atoms with Crippen molar-refractivity contribution in [2.45, 2.75) is 24.7 Å². The first kappa shape index (κ1) is 9.39. The first-order chi connectivity index (χ1) is 7.72. The van der Waals surface area contributed by atoms with E-state index in [4.69, 9.17) is 4.52 Å². The molecule has 0 atom stereocenters. The normalized spacial score (nSPS) is 18.2. The number of fused-ring (bicyclic) bond motifs is 1. The summed E-state index contributed by atoms with van der Waals surface area (Å²) in [5, 5.41) is 14.1. The molecular formula is C12H11NO3. The molecule has 1 fully saturated rings. The molecule has 0 bridgehead atoms. The van der Waals surface area contributed by atoms with Crippen LogP contribution in [0.3, 0.4) is 0 Å². The van der Waals surface area contributed by atoms with E-state index in [1.807, 2.05) is 18.2 Å². The van der Waals surface area contributed by atoms with Gasteiger partial charge in [0.05, 0.1) is 5.41 Å². The first-order valence-corrected chi connectivity index (χ1v) is 5.30. The van der Waals surface area contributed by atoms with Crippen LogP contribution in [0, 0.1) is 0 Å². The van der Waals surface area contributed by atoms with E-state index in [1.165, 1.54) is 0 Å². The minimum absolute atomic E-state index is 0.687. The Hall–Kier alpha value is -1.84. The SMILES string of the molecule is O=C(O)C1(c2ccc3conc3c2)CCC1. The molecule has 4 nitrogen and oxygen atoms in total. The number of carboxylic acid groups (broad SMARTS) is 1. The molecule has 1 aromatic heterocycles. The fourth-order valence-electron chi connectivity index (χ4n) is 2.32. The van der Waals surface area contributed by atoms with Gasteiger partial charge in [-0.3, -0.25) is 4.79 Å². The van der Waals surface area contributed by atoms with E-state index in [2.05, 4.69) is 5.16 Å². The predicted octanol–water partition coefficient (Wildman–Crippen LogP) is 2.33. The molecule has 2 aromatic rings. The summed E-state index contributed by atoms with van der Waals surface area (Å²) in [6.45, 7) is 0. The fraction of sp³-hybridized carbons (Fsp3) is 0.333. The largest absolute Gasteiger partial charge is 0.481 e. The van der Waals surface area contributed by atoms with Gasteiger partial charge in [-0.05, 0) is 30.5 Å². The number of hydrogen-bond acceptors (Lipinski definition) is 3. The van der Waals surface area contributed by atoms with Crippen molar-refractivity contribution in [2.24, 2.45) is 0 Å². The molecule has 1 aliphatic rings. The number of carbonyl (C=O) groups is 1. The van der Waals surface area contributed by atoms with Gasteiger partial charge in [0.25, 0.3) is 0 Å². The maximum atomic E-state index is 11.3. The van der Waals surface area contributed by atoms with Crippen LogP contribution in [-0.2, 0) is 10.2 Å². The average molecular weight is 217 g/mol. The molecule has 1 N–H and O–H groups in total. The van der Waals surface area contributed by atoms with Crippen LogP contribution in [0.15, 0.2) is 29.0 Å². The molecule has 16 heavy (non-hydrogen) atoms. The molecule has 0 unspecified atom stereocenters. The van der Waals surface area contributed by atoms with Crippen molar-refractivity contribution in [3.8, 4) is 0 Å². The molecule has 1 aromatic carbocycles. The zero-order chi connectivity index (χ0) is 11.2. The van der Waals surface area contributed by atoms with Crippen LogP contribution in [0.1, 0.15) is 24.8 Å². The van der Waals surface area contributed by atoms with Gasteiger partial charge in [-0.2, -0.15) is 0 Å². The van der Waals surface area contributed by atoms with Crippen LogP contribution in [-0.4, -0.2) is 16.2 Å². The summed E-state index contributed by atoms with van der Waals surface area (Å²) in [4.78, 5) is 11.3. The zero-order valence-corrected chi connectivity index (χ0v) is 8.64. The molecule has 1 aliphatic carbocycles. The Morgan fingerprint density at radius 2 is 2.25 bits per heavy atom. The summed E-state index contributed by atoms with van der Waals surface area (Å²) in [7, 11) is 0. The Morgan fingerprint density at radius 3 is 2.88 bits per heavy atom. The molecule has 1 heterocycles. The Bertz CT molecular complexity index is 554. The highest BCUT2D eigenvalue weighted by Gasteiger charge is 2.45. The molecular weight excluding hydrogens is 206 g/mol. The van der Waals surface area contributed by atoms with Crippen molar-refractivity contribution < 1.29 is 14.4 Å². The van der Waals surface area contributed by atoms with Crippen LogP contribution in [0.2, 0.25) is 0 Å². The van der Waals surface area contributed by atoms with E-state index >= 15 is 0 Å². The second-order valence-corrected chi connectivity index (χ2v) is 4.33. The minimum atomic E-state index is -0.735. The van der Waals surface area contributed by atoms with Gasteiger partial charge in [0.2, 0.25) is 0 Å². The summed E-state index contributed by atoms with van der Waals surface area (Å²) in [5.74, 6) is -0.735. The Morgan fingerprint density at radius 1 is 1.44 bits per heavy atom. The molecule has 0 spiro atoms. The van der Waals surface area contributed by atoms with E-state index in [0.29, 0.717) is 12.8 Å². The third-order valence-corrected chi connectivity index (χ3v) is 3.53. The monoisotopic (exact) mass is 217 g/mol. The summed E-state index contributed by atoms with van der Waals surface area (Å²) in [6, 6.07) is 5.56. The third kappa shape index (κ3) is 1.10. The van der Waals surface area contributed by atoms with Gasteiger partial charge in [-0.15, -0.1) is 0 Å². The van der Waals surface area contributed by atoms with Crippen molar-refractivity contribution >= 4 is 16.9 Å². The van der Waals surface area contributed by atoms with Gasteiger partial charge in [0.1, 0.15) is 11.8 Å². The number of hydrogen-bond donors (Lipinski definition) is 1. The highest BCUT2D eigenvalue weighted by Crippen LogP contribution is 2.44. The smallest absolute Gasteiger partial charge is 0.314 e. The molecule has 0 saturated heterocycles. The van der Waals surface area contributed by atoms with Gasteiger partial charge in [0, 0.05) is 5.39 Å². The van der Waals surface area contributed by atoms with Gasteiger partial charge in [-0.25, -0.2) is 0 Å². The van der Waals surface area contributed by atoms with Crippen LogP contribution in [0.5, 0.6) is 0 Å². The van der Waals surface area contributed by atoms with Gasteiger partial charge in [0.15, 0.2) is 0 Å². The third-order valence-electron chi connectivity index (χ3n) is 3.53. The first-order valence-electron chi connectivity index (χ1n) is 5.30. The number of carboxylic acids is 1. The van der Waals surface area contributed by atoms with Gasteiger partial charge >= 0.3 is 5.97 Å². The standard InChI is InChI=1S/C12H11NO3/c14-11(15)12(4-1-5-12)9-3-2-8-7-16-13-10(8)6-9/h2-3,6-7H,1,4-5H2,(H,14,15). The lowest BCUT2D eigenvalue weighted by molar-refractivity contribution is -0.147. The lowest BCUT2D eigenvalue weighted by Crippen LogP contribution is -2.42. The van der Waals surface area contributed by atoms with E-state index in [9.17, 15) is 9.90 Å².